The number of aliphatic hydroxyl groups is 1. The fraction of sp³-hybridized carbons (Fsp3) is 0.136. The third-order valence-electron chi connectivity index (χ3n) is 4.74. The van der Waals surface area contributed by atoms with Crippen LogP contribution in [0.3, 0.4) is 0 Å². The van der Waals surface area contributed by atoms with Gasteiger partial charge in [-0.05, 0) is 5.56 Å². The van der Waals surface area contributed by atoms with E-state index in [1.807, 2.05) is 97.5 Å². The maximum absolute atomic E-state index is 12.7. The molecule has 26 heavy (non-hydrogen) atoms. The van der Waals surface area contributed by atoms with Crippen LogP contribution in [-0.2, 0) is 16.1 Å². The number of rotatable bonds is 6. The predicted octanol–water partition coefficient (Wildman–Crippen LogP) is 2.52. The summed E-state index contributed by atoms with van der Waals surface area (Å²) in [6, 6.07) is 29.0. The van der Waals surface area contributed by atoms with Gasteiger partial charge in [0, 0.05) is 0 Å². The molecule has 0 aliphatic carbocycles. The first-order valence-electron chi connectivity index (χ1n) is 8.62. The standard InChI is InChI=1S/C22H22O3Si/c1-26(19-13-7-3-8-14-19,20-15-9-4-10-16-20)22(24)21(23)25-17-18-11-5-2-6-12-18/h2-16,22,24H,17H2,1H3. The topological polar surface area (TPSA) is 46.5 Å². The summed E-state index contributed by atoms with van der Waals surface area (Å²) in [5, 5.41) is 13.0. The molecule has 0 fully saturated rings. The van der Waals surface area contributed by atoms with Gasteiger partial charge in [0.1, 0.15) is 12.3 Å². The van der Waals surface area contributed by atoms with Crippen LogP contribution in [0.2, 0.25) is 6.55 Å². The molecule has 1 N–H and O–H groups in total. The Labute approximate surface area is 154 Å². The minimum absolute atomic E-state index is 0.158. The zero-order valence-corrected chi connectivity index (χ0v) is 15.7. The molecule has 0 aromatic heterocycles. The molecular weight excluding hydrogens is 340 g/mol. The molecule has 0 bridgehead atoms. The number of hydrogen-bond acceptors (Lipinski definition) is 3. The first kappa shape index (κ1) is 18.1. The number of benzene rings is 3. The smallest absolute Gasteiger partial charge is 0.332 e. The van der Waals surface area contributed by atoms with Gasteiger partial charge in [0.2, 0.25) is 0 Å². The molecule has 1 unspecified atom stereocenters. The van der Waals surface area contributed by atoms with Gasteiger partial charge < -0.3 is 9.84 Å². The zero-order valence-electron chi connectivity index (χ0n) is 14.7. The SMILES string of the molecule is C[Si](c1ccccc1)(c1ccccc1)C(O)C(=O)OCc1ccccc1. The van der Waals surface area contributed by atoms with E-state index in [-0.39, 0.29) is 6.61 Å². The summed E-state index contributed by atoms with van der Waals surface area (Å²) in [5.41, 5.74) is -0.285. The summed E-state index contributed by atoms with van der Waals surface area (Å²) in [6.45, 7) is 2.16. The second-order valence-electron chi connectivity index (χ2n) is 6.43. The lowest BCUT2D eigenvalue weighted by molar-refractivity contribution is -0.150. The van der Waals surface area contributed by atoms with E-state index in [2.05, 4.69) is 0 Å². The lowest BCUT2D eigenvalue weighted by Gasteiger charge is -2.32. The van der Waals surface area contributed by atoms with E-state index >= 15 is 0 Å². The van der Waals surface area contributed by atoms with Crippen molar-refractivity contribution in [2.45, 2.75) is 18.9 Å². The summed E-state index contributed by atoms with van der Waals surface area (Å²) in [7, 11) is -2.73. The van der Waals surface area contributed by atoms with Gasteiger partial charge in [0.05, 0.1) is 0 Å². The van der Waals surface area contributed by atoms with Crippen LogP contribution in [-0.4, -0.2) is 24.9 Å². The molecule has 4 heteroatoms. The van der Waals surface area contributed by atoms with E-state index in [9.17, 15) is 9.90 Å². The molecule has 0 saturated carbocycles. The van der Waals surface area contributed by atoms with Gasteiger partial charge in [-0.15, -0.1) is 0 Å². The maximum atomic E-state index is 12.7. The van der Waals surface area contributed by atoms with E-state index < -0.39 is 19.8 Å². The van der Waals surface area contributed by atoms with Crippen molar-refractivity contribution >= 4 is 24.4 Å². The van der Waals surface area contributed by atoms with Gasteiger partial charge in [0.15, 0.2) is 8.07 Å². The molecule has 0 heterocycles. The number of aliphatic hydroxyl groups excluding tert-OH is 1. The molecule has 0 spiro atoms. The van der Waals surface area contributed by atoms with Crippen molar-refractivity contribution in [3.8, 4) is 0 Å². The zero-order chi connectivity index (χ0) is 18.4. The maximum Gasteiger partial charge on any atom is 0.332 e. The van der Waals surface area contributed by atoms with Crippen LogP contribution >= 0.6 is 0 Å². The first-order chi connectivity index (χ1) is 12.6. The Hall–Kier alpha value is -2.69. The Bertz CT molecular complexity index is 796. The molecule has 3 aromatic carbocycles. The normalized spacial score (nSPS) is 12.4. The van der Waals surface area contributed by atoms with Crippen molar-refractivity contribution in [2.75, 3.05) is 0 Å². The highest BCUT2D eigenvalue weighted by atomic mass is 28.3. The fourth-order valence-electron chi connectivity index (χ4n) is 3.09. The van der Waals surface area contributed by atoms with Gasteiger partial charge in [-0.25, -0.2) is 4.79 Å². The van der Waals surface area contributed by atoms with Gasteiger partial charge in [-0.2, -0.15) is 0 Å². The number of esters is 1. The molecular formula is C22H22O3Si. The fourth-order valence-corrected chi connectivity index (χ4v) is 6.38. The number of ether oxygens (including phenoxy) is 1. The summed E-state index contributed by atoms with van der Waals surface area (Å²) in [5.74, 6) is -0.573. The Kier molecular flexibility index (Phi) is 5.66. The molecule has 0 aliphatic rings. The van der Waals surface area contributed by atoms with Gasteiger partial charge in [-0.3, -0.25) is 0 Å². The van der Waals surface area contributed by atoms with Crippen molar-refractivity contribution in [1.82, 2.24) is 0 Å². The van der Waals surface area contributed by atoms with Crippen molar-refractivity contribution in [3.05, 3.63) is 96.6 Å². The lowest BCUT2D eigenvalue weighted by Crippen LogP contribution is -2.66. The van der Waals surface area contributed by atoms with Gasteiger partial charge in [-0.1, -0.05) is 108 Å². The molecule has 3 nitrogen and oxygen atoms in total. The number of carbonyl (C=O) groups excluding carboxylic acids is 1. The second kappa shape index (κ2) is 8.12. The van der Waals surface area contributed by atoms with Crippen LogP contribution in [0.25, 0.3) is 0 Å². The average molecular weight is 363 g/mol. The summed E-state index contributed by atoms with van der Waals surface area (Å²) in [4.78, 5) is 12.7. The van der Waals surface area contributed by atoms with Crippen LogP contribution in [0.15, 0.2) is 91.0 Å². The summed E-state index contributed by atoms with van der Waals surface area (Å²) >= 11 is 0. The summed E-state index contributed by atoms with van der Waals surface area (Å²) < 4.78 is 5.42. The highest BCUT2D eigenvalue weighted by molar-refractivity contribution is 7.03. The second-order valence-corrected chi connectivity index (χ2v) is 10.5. The van der Waals surface area contributed by atoms with Crippen LogP contribution in [0, 0.1) is 0 Å². The van der Waals surface area contributed by atoms with E-state index in [1.165, 1.54) is 0 Å². The molecule has 3 aromatic rings. The highest BCUT2D eigenvalue weighted by Crippen LogP contribution is 2.13. The third kappa shape index (κ3) is 3.77. The lowest BCUT2D eigenvalue weighted by atomic mass is 10.2. The third-order valence-corrected chi connectivity index (χ3v) is 9.14. The van der Waals surface area contributed by atoms with Crippen molar-refractivity contribution in [3.63, 3.8) is 0 Å². The number of hydrogen-bond donors (Lipinski definition) is 1. The Morgan fingerprint density at radius 3 is 1.73 bits per heavy atom. The molecule has 3 rings (SSSR count). The van der Waals surface area contributed by atoms with E-state index in [0.29, 0.717) is 0 Å². The Morgan fingerprint density at radius 2 is 1.27 bits per heavy atom. The van der Waals surface area contributed by atoms with E-state index in [0.717, 1.165) is 15.9 Å². The summed E-state index contributed by atoms with van der Waals surface area (Å²) in [6.07, 6.45) is 0. The molecule has 132 valence electrons. The van der Waals surface area contributed by atoms with Crippen molar-refractivity contribution in [2.24, 2.45) is 0 Å². The number of carbonyl (C=O) groups is 1. The van der Waals surface area contributed by atoms with Crippen molar-refractivity contribution < 1.29 is 14.6 Å². The van der Waals surface area contributed by atoms with Crippen LogP contribution < -0.4 is 10.4 Å². The quantitative estimate of drug-likeness (QED) is 0.541. The van der Waals surface area contributed by atoms with Crippen LogP contribution in [0.1, 0.15) is 5.56 Å². The largest absolute Gasteiger partial charge is 0.459 e. The molecule has 1 atom stereocenters. The monoisotopic (exact) mass is 362 g/mol. The average Bonchev–Trinajstić information content (AvgIpc) is 2.73. The Morgan fingerprint density at radius 1 is 0.846 bits per heavy atom. The van der Waals surface area contributed by atoms with Crippen LogP contribution in [0.5, 0.6) is 0 Å². The Balaban J connectivity index is 1.88. The minimum Gasteiger partial charge on any atom is -0.459 e. The molecule has 0 amide bonds. The molecule has 0 saturated heterocycles. The van der Waals surface area contributed by atoms with E-state index in [4.69, 9.17) is 4.74 Å². The molecule has 0 radical (unpaired) electrons. The minimum atomic E-state index is -2.73. The predicted molar refractivity (Wildman–Crippen MR) is 106 cm³/mol. The van der Waals surface area contributed by atoms with Gasteiger partial charge >= 0.3 is 5.97 Å². The van der Waals surface area contributed by atoms with Crippen LogP contribution in [0.4, 0.5) is 0 Å². The first-order valence-corrected chi connectivity index (χ1v) is 11.2. The van der Waals surface area contributed by atoms with Crippen molar-refractivity contribution in [1.29, 1.82) is 0 Å². The highest BCUT2D eigenvalue weighted by Gasteiger charge is 2.44. The molecule has 0 aliphatic heterocycles. The van der Waals surface area contributed by atoms with Gasteiger partial charge in [0.25, 0.3) is 0 Å². The van der Waals surface area contributed by atoms with E-state index in [1.54, 1.807) is 0 Å².